The SMILES string of the molecule is CC(/C=N\c1c(C)c(=O)n(C)c(=O)n1C)=C/CC(=O)Nc1nc(-c2ccc(Cl)cc2)ns1. The zero-order chi connectivity index (χ0) is 23.4. The van der Waals surface area contributed by atoms with Crippen molar-refractivity contribution in [3.05, 3.63) is 67.3 Å². The second-order valence-electron chi connectivity index (χ2n) is 7.04. The molecule has 1 N–H and O–H groups in total. The minimum Gasteiger partial charge on any atom is -0.300 e. The average Bonchev–Trinajstić information content (AvgIpc) is 3.23. The van der Waals surface area contributed by atoms with E-state index in [1.54, 1.807) is 39.1 Å². The standard InChI is InChI=1S/C21H21ClN6O3S/c1-12(11-23-18-13(2)19(30)28(4)21(31)27(18)3)5-10-16(29)24-20-25-17(26-32-20)14-6-8-15(22)9-7-14/h5-9,11H,10H2,1-4H3,(H,24,25,26,29)/b12-5-,23-11-. The summed E-state index contributed by atoms with van der Waals surface area (Å²) in [5, 5.41) is 3.73. The van der Waals surface area contributed by atoms with E-state index in [9.17, 15) is 14.4 Å². The highest BCUT2D eigenvalue weighted by molar-refractivity contribution is 7.10. The molecule has 3 aromatic rings. The smallest absolute Gasteiger partial charge is 0.300 e. The average molecular weight is 473 g/mol. The molecule has 3 rings (SSSR count). The Morgan fingerprint density at radius 1 is 1.22 bits per heavy atom. The molecule has 1 amide bonds. The number of hydrogen-bond donors (Lipinski definition) is 1. The van der Waals surface area contributed by atoms with E-state index in [1.807, 2.05) is 12.1 Å². The predicted octanol–water partition coefficient (Wildman–Crippen LogP) is 3.24. The minimum atomic E-state index is -0.455. The Hall–Kier alpha value is -3.37. The molecule has 166 valence electrons. The second-order valence-corrected chi connectivity index (χ2v) is 8.23. The van der Waals surface area contributed by atoms with Crippen molar-refractivity contribution >= 4 is 46.2 Å². The van der Waals surface area contributed by atoms with Crippen molar-refractivity contribution in [1.29, 1.82) is 0 Å². The van der Waals surface area contributed by atoms with E-state index in [2.05, 4.69) is 19.7 Å². The van der Waals surface area contributed by atoms with Crippen LogP contribution in [0, 0.1) is 6.92 Å². The summed E-state index contributed by atoms with van der Waals surface area (Å²) in [6.07, 6.45) is 3.30. The second kappa shape index (κ2) is 9.84. The van der Waals surface area contributed by atoms with E-state index in [0.29, 0.717) is 27.1 Å². The fraction of sp³-hybridized carbons (Fsp3) is 0.238. The Kier molecular flexibility index (Phi) is 7.16. The quantitative estimate of drug-likeness (QED) is 0.553. The molecular formula is C21H21ClN6O3S. The van der Waals surface area contributed by atoms with Gasteiger partial charge in [-0.1, -0.05) is 17.7 Å². The molecule has 11 heteroatoms. The van der Waals surface area contributed by atoms with Gasteiger partial charge in [0, 0.05) is 48.8 Å². The summed E-state index contributed by atoms with van der Waals surface area (Å²) in [6, 6.07) is 7.11. The van der Waals surface area contributed by atoms with Gasteiger partial charge in [-0.05, 0) is 43.7 Å². The van der Waals surface area contributed by atoms with Crippen LogP contribution in [-0.4, -0.2) is 30.6 Å². The third kappa shape index (κ3) is 5.27. The van der Waals surface area contributed by atoms with Crippen LogP contribution < -0.4 is 16.6 Å². The molecule has 0 radical (unpaired) electrons. The minimum absolute atomic E-state index is 0.0994. The first-order chi connectivity index (χ1) is 15.2. The van der Waals surface area contributed by atoms with E-state index in [1.165, 1.54) is 17.8 Å². The van der Waals surface area contributed by atoms with Crippen LogP contribution in [0.1, 0.15) is 18.9 Å². The van der Waals surface area contributed by atoms with Gasteiger partial charge in [0.15, 0.2) is 5.82 Å². The number of amides is 1. The van der Waals surface area contributed by atoms with Crippen molar-refractivity contribution in [2.45, 2.75) is 20.3 Å². The van der Waals surface area contributed by atoms with Crippen LogP contribution in [0.2, 0.25) is 5.02 Å². The molecule has 0 bridgehead atoms. The largest absolute Gasteiger partial charge is 0.332 e. The predicted molar refractivity (Wildman–Crippen MR) is 127 cm³/mol. The molecule has 0 aliphatic carbocycles. The summed E-state index contributed by atoms with van der Waals surface area (Å²) in [7, 11) is 2.97. The number of benzene rings is 1. The normalized spacial score (nSPS) is 11.8. The number of aliphatic imine (C=N–C) groups is 1. The molecule has 1 aromatic carbocycles. The van der Waals surface area contributed by atoms with Gasteiger partial charge in [0.05, 0.1) is 5.56 Å². The number of rotatable bonds is 6. The maximum atomic E-state index is 12.2. The van der Waals surface area contributed by atoms with Crippen LogP contribution in [-0.2, 0) is 18.9 Å². The molecule has 9 nitrogen and oxygen atoms in total. The van der Waals surface area contributed by atoms with Gasteiger partial charge in [-0.25, -0.2) is 9.79 Å². The van der Waals surface area contributed by atoms with Gasteiger partial charge in [0.1, 0.15) is 5.82 Å². The van der Waals surface area contributed by atoms with E-state index in [4.69, 9.17) is 11.6 Å². The summed E-state index contributed by atoms with van der Waals surface area (Å²) in [6.45, 7) is 3.39. The van der Waals surface area contributed by atoms with Gasteiger partial charge in [0.25, 0.3) is 5.56 Å². The first-order valence-corrected chi connectivity index (χ1v) is 10.7. The lowest BCUT2D eigenvalue weighted by atomic mass is 10.2. The lowest BCUT2D eigenvalue weighted by molar-refractivity contribution is -0.115. The molecule has 2 aromatic heterocycles. The highest BCUT2D eigenvalue weighted by Crippen LogP contribution is 2.22. The number of allylic oxidation sites excluding steroid dienone is 1. The molecule has 0 atom stereocenters. The number of hydrogen-bond acceptors (Lipinski definition) is 7. The lowest BCUT2D eigenvalue weighted by Crippen LogP contribution is -2.38. The molecule has 0 unspecified atom stereocenters. The zero-order valence-electron chi connectivity index (χ0n) is 17.9. The van der Waals surface area contributed by atoms with E-state index < -0.39 is 11.2 Å². The van der Waals surface area contributed by atoms with Crippen LogP contribution in [0.25, 0.3) is 11.4 Å². The third-order valence-electron chi connectivity index (χ3n) is 4.63. The number of anilines is 1. The Labute approximate surface area is 192 Å². The zero-order valence-corrected chi connectivity index (χ0v) is 19.5. The molecular weight excluding hydrogens is 452 g/mol. The van der Waals surface area contributed by atoms with Gasteiger partial charge in [-0.2, -0.15) is 9.36 Å². The molecule has 0 saturated carbocycles. The van der Waals surface area contributed by atoms with Crippen molar-refractivity contribution in [3.8, 4) is 11.4 Å². The number of nitrogens with one attached hydrogen (secondary N) is 1. The highest BCUT2D eigenvalue weighted by atomic mass is 35.5. The number of nitrogens with zero attached hydrogens (tertiary/aromatic N) is 5. The van der Waals surface area contributed by atoms with Gasteiger partial charge in [-0.3, -0.25) is 18.7 Å². The Bertz CT molecular complexity index is 1300. The first kappa shape index (κ1) is 23.3. The summed E-state index contributed by atoms with van der Waals surface area (Å²) in [5.74, 6) is 0.531. The van der Waals surface area contributed by atoms with Crippen molar-refractivity contribution in [1.82, 2.24) is 18.5 Å². The maximum Gasteiger partial charge on any atom is 0.332 e. The van der Waals surface area contributed by atoms with Crippen LogP contribution in [0.5, 0.6) is 0 Å². The number of carbonyl (C=O) groups is 1. The number of aromatic nitrogens is 4. The van der Waals surface area contributed by atoms with Gasteiger partial charge in [0.2, 0.25) is 11.0 Å². The molecule has 32 heavy (non-hydrogen) atoms. The summed E-state index contributed by atoms with van der Waals surface area (Å²) < 4.78 is 6.59. The van der Waals surface area contributed by atoms with Crippen molar-refractivity contribution in [2.24, 2.45) is 19.1 Å². The highest BCUT2D eigenvalue weighted by Gasteiger charge is 2.11. The molecule has 0 aliphatic heterocycles. The van der Waals surface area contributed by atoms with E-state index in [0.717, 1.165) is 21.7 Å². The Morgan fingerprint density at radius 3 is 2.59 bits per heavy atom. The Balaban J connectivity index is 1.65. The van der Waals surface area contributed by atoms with E-state index in [-0.39, 0.29) is 18.1 Å². The summed E-state index contributed by atoms with van der Waals surface area (Å²) in [4.78, 5) is 45.0. The van der Waals surface area contributed by atoms with Crippen LogP contribution >= 0.6 is 23.1 Å². The Morgan fingerprint density at radius 2 is 1.91 bits per heavy atom. The molecule has 0 spiro atoms. The van der Waals surface area contributed by atoms with Gasteiger partial charge < -0.3 is 5.32 Å². The number of carbonyl (C=O) groups excluding carboxylic acids is 1. The molecule has 0 aliphatic rings. The van der Waals surface area contributed by atoms with Gasteiger partial charge in [-0.15, -0.1) is 0 Å². The van der Waals surface area contributed by atoms with Crippen molar-refractivity contribution in [3.63, 3.8) is 0 Å². The number of halogens is 1. The molecule has 0 saturated heterocycles. The first-order valence-electron chi connectivity index (χ1n) is 9.54. The lowest BCUT2D eigenvalue weighted by Gasteiger charge is -2.08. The summed E-state index contributed by atoms with van der Waals surface area (Å²) >= 11 is 6.97. The van der Waals surface area contributed by atoms with E-state index >= 15 is 0 Å². The summed E-state index contributed by atoms with van der Waals surface area (Å²) in [5.41, 5.74) is 1.02. The third-order valence-corrected chi connectivity index (χ3v) is 5.51. The van der Waals surface area contributed by atoms with Crippen LogP contribution in [0.4, 0.5) is 10.9 Å². The van der Waals surface area contributed by atoms with Crippen molar-refractivity contribution in [2.75, 3.05) is 5.32 Å². The van der Waals surface area contributed by atoms with Crippen molar-refractivity contribution < 1.29 is 4.79 Å². The fourth-order valence-electron chi connectivity index (χ4n) is 2.81. The topological polar surface area (TPSA) is 111 Å². The van der Waals surface area contributed by atoms with Crippen LogP contribution in [0.15, 0.2) is 50.5 Å². The monoisotopic (exact) mass is 472 g/mol. The van der Waals surface area contributed by atoms with Crippen LogP contribution in [0.3, 0.4) is 0 Å². The molecule has 0 fully saturated rings. The maximum absolute atomic E-state index is 12.2. The fourth-order valence-corrected chi connectivity index (χ4v) is 3.55. The molecule has 2 heterocycles. The van der Waals surface area contributed by atoms with Gasteiger partial charge >= 0.3 is 5.69 Å².